The molecule has 0 bridgehead atoms. The molecular formula is C26H41N5O3. The standard InChI is InChI=1S/C26H41N5O3/c1-3-23(32)29-22(26(34)31-15-13-30(2)14-16-31)17-19-9-11-20(12-10-19)18-28-25(33)24(27)21-7-5-4-6-8-21/h9-12,21-22,24H,3-8,13-18,27H2,1-2H3,(H,28,33)(H,29,32)/t22-,24+/m1/s1. The summed E-state index contributed by atoms with van der Waals surface area (Å²) in [7, 11) is 2.05. The van der Waals surface area contributed by atoms with E-state index in [9.17, 15) is 14.4 Å². The average molecular weight is 472 g/mol. The zero-order chi connectivity index (χ0) is 24.5. The molecule has 1 aliphatic carbocycles. The van der Waals surface area contributed by atoms with Crippen LogP contribution < -0.4 is 16.4 Å². The Bertz CT molecular complexity index is 814. The van der Waals surface area contributed by atoms with Gasteiger partial charge in [-0.1, -0.05) is 50.5 Å². The van der Waals surface area contributed by atoms with Crippen LogP contribution in [0.5, 0.6) is 0 Å². The van der Waals surface area contributed by atoms with E-state index in [0.29, 0.717) is 32.5 Å². The van der Waals surface area contributed by atoms with Crippen LogP contribution >= 0.6 is 0 Å². The highest BCUT2D eigenvalue weighted by atomic mass is 16.2. The summed E-state index contributed by atoms with van der Waals surface area (Å²) in [6, 6.07) is 6.83. The molecule has 1 aromatic rings. The van der Waals surface area contributed by atoms with E-state index in [1.165, 1.54) is 6.42 Å². The molecule has 34 heavy (non-hydrogen) atoms. The molecule has 3 rings (SSSR count). The van der Waals surface area contributed by atoms with Crippen LogP contribution in [0, 0.1) is 5.92 Å². The molecule has 2 aliphatic rings. The SMILES string of the molecule is CCC(=O)N[C@H](Cc1ccc(CNC(=O)[C@@H](N)C2CCCCC2)cc1)C(=O)N1CCN(C)CC1. The van der Waals surface area contributed by atoms with E-state index in [-0.39, 0.29) is 23.6 Å². The molecule has 188 valence electrons. The molecule has 2 atom stereocenters. The molecule has 0 spiro atoms. The summed E-state index contributed by atoms with van der Waals surface area (Å²) >= 11 is 0. The van der Waals surface area contributed by atoms with E-state index >= 15 is 0 Å². The number of likely N-dealkylation sites (N-methyl/N-ethyl adjacent to an activating group) is 1. The molecule has 8 heteroatoms. The molecule has 1 saturated carbocycles. The van der Waals surface area contributed by atoms with Gasteiger partial charge in [0.1, 0.15) is 6.04 Å². The van der Waals surface area contributed by atoms with Gasteiger partial charge >= 0.3 is 0 Å². The van der Waals surface area contributed by atoms with E-state index in [4.69, 9.17) is 5.73 Å². The van der Waals surface area contributed by atoms with Crippen LogP contribution in [0.15, 0.2) is 24.3 Å². The van der Waals surface area contributed by atoms with Crippen molar-refractivity contribution in [1.82, 2.24) is 20.4 Å². The Labute approximate surface area is 203 Å². The first-order valence-corrected chi connectivity index (χ1v) is 12.7. The molecule has 1 saturated heterocycles. The third-order valence-corrected chi connectivity index (χ3v) is 7.16. The molecule has 8 nitrogen and oxygen atoms in total. The second kappa shape index (κ2) is 12.9. The zero-order valence-corrected chi connectivity index (χ0v) is 20.7. The number of benzene rings is 1. The number of hydrogen-bond acceptors (Lipinski definition) is 5. The third kappa shape index (κ3) is 7.53. The highest BCUT2D eigenvalue weighted by Gasteiger charge is 2.28. The van der Waals surface area contributed by atoms with Crippen LogP contribution in [-0.2, 0) is 27.3 Å². The molecule has 0 radical (unpaired) electrons. The highest BCUT2D eigenvalue weighted by Crippen LogP contribution is 2.25. The third-order valence-electron chi connectivity index (χ3n) is 7.16. The molecule has 3 amide bonds. The zero-order valence-electron chi connectivity index (χ0n) is 20.7. The molecule has 1 aromatic carbocycles. The average Bonchev–Trinajstić information content (AvgIpc) is 2.87. The van der Waals surface area contributed by atoms with Crippen LogP contribution in [0.4, 0.5) is 0 Å². The van der Waals surface area contributed by atoms with Gasteiger partial charge in [0.15, 0.2) is 0 Å². The predicted molar refractivity (Wildman–Crippen MR) is 133 cm³/mol. The molecule has 2 fully saturated rings. The van der Waals surface area contributed by atoms with E-state index in [1.807, 2.05) is 36.2 Å². The number of rotatable bonds is 9. The summed E-state index contributed by atoms with van der Waals surface area (Å²) in [6.45, 7) is 5.24. The largest absolute Gasteiger partial charge is 0.351 e. The Morgan fingerprint density at radius 3 is 2.24 bits per heavy atom. The summed E-state index contributed by atoms with van der Waals surface area (Å²) < 4.78 is 0. The van der Waals surface area contributed by atoms with Crippen molar-refractivity contribution in [3.05, 3.63) is 35.4 Å². The molecule has 1 heterocycles. The van der Waals surface area contributed by atoms with Gasteiger partial charge in [-0.05, 0) is 36.9 Å². The van der Waals surface area contributed by atoms with Crippen LogP contribution in [0.3, 0.4) is 0 Å². The molecule has 0 unspecified atom stereocenters. The van der Waals surface area contributed by atoms with E-state index in [1.54, 1.807) is 6.92 Å². The van der Waals surface area contributed by atoms with Crippen LogP contribution in [0.2, 0.25) is 0 Å². The fourth-order valence-corrected chi connectivity index (χ4v) is 4.79. The van der Waals surface area contributed by atoms with Crippen molar-refractivity contribution in [2.75, 3.05) is 33.2 Å². The minimum Gasteiger partial charge on any atom is -0.351 e. The number of nitrogens with zero attached hydrogens (tertiary/aromatic N) is 2. The summed E-state index contributed by atoms with van der Waals surface area (Å²) in [5.41, 5.74) is 8.15. The first kappa shape index (κ1) is 26.2. The summed E-state index contributed by atoms with van der Waals surface area (Å²) in [5, 5.41) is 5.88. The predicted octanol–water partition coefficient (Wildman–Crippen LogP) is 1.42. The molecule has 4 N–H and O–H groups in total. The number of hydrogen-bond donors (Lipinski definition) is 3. The van der Waals surface area contributed by atoms with Gasteiger partial charge in [0.2, 0.25) is 17.7 Å². The number of carbonyl (C=O) groups excluding carboxylic acids is 3. The van der Waals surface area contributed by atoms with Crippen LogP contribution in [0.1, 0.15) is 56.6 Å². The van der Waals surface area contributed by atoms with Gasteiger partial charge in [-0.15, -0.1) is 0 Å². The maximum Gasteiger partial charge on any atom is 0.245 e. The minimum atomic E-state index is -0.574. The molecular weight excluding hydrogens is 430 g/mol. The van der Waals surface area contributed by atoms with E-state index in [2.05, 4.69) is 15.5 Å². The topological polar surface area (TPSA) is 108 Å². The van der Waals surface area contributed by atoms with Gasteiger partial charge in [-0.25, -0.2) is 0 Å². The second-order valence-electron chi connectivity index (χ2n) is 9.76. The van der Waals surface area contributed by atoms with Crippen molar-refractivity contribution >= 4 is 17.7 Å². The fraction of sp³-hybridized carbons (Fsp3) is 0.654. The summed E-state index contributed by atoms with van der Waals surface area (Å²) in [6.07, 6.45) is 6.40. The summed E-state index contributed by atoms with van der Waals surface area (Å²) in [5.74, 6) is 0.0457. The number of nitrogens with one attached hydrogen (secondary N) is 2. The van der Waals surface area contributed by atoms with Gasteiger partial charge in [0.25, 0.3) is 0 Å². The molecule has 0 aromatic heterocycles. The Morgan fingerprint density at radius 2 is 1.62 bits per heavy atom. The van der Waals surface area contributed by atoms with Gasteiger partial charge in [0, 0.05) is 45.6 Å². The van der Waals surface area contributed by atoms with Crippen molar-refractivity contribution < 1.29 is 14.4 Å². The smallest absolute Gasteiger partial charge is 0.245 e. The number of amides is 3. The van der Waals surface area contributed by atoms with Crippen molar-refractivity contribution in [3.8, 4) is 0 Å². The number of carbonyl (C=O) groups is 3. The lowest BCUT2D eigenvalue weighted by Crippen LogP contribution is -2.54. The van der Waals surface area contributed by atoms with E-state index < -0.39 is 12.1 Å². The maximum atomic E-state index is 13.1. The van der Waals surface area contributed by atoms with Crippen molar-refractivity contribution in [3.63, 3.8) is 0 Å². The first-order chi connectivity index (χ1) is 16.4. The van der Waals surface area contributed by atoms with Gasteiger partial charge in [0.05, 0.1) is 6.04 Å². The van der Waals surface area contributed by atoms with Gasteiger partial charge in [-0.3, -0.25) is 14.4 Å². The number of nitrogens with two attached hydrogens (primary N) is 1. The second-order valence-corrected chi connectivity index (χ2v) is 9.76. The number of piperazine rings is 1. The Morgan fingerprint density at radius 1 is 1.00 bits per heavy atom. The lowest BCUT2D eigenvalue weighted by Gasteiger charge is -2.34. The summed E-state index contributed by atoms with van der Waals surface area (Å²) in [4.78, 5) is 41.7. The lowest BCUT2D eigenvalue weighted by molar-refractivity contribution is -0.137. The Kier molecular flexibility index (Phi) is 9.89. The minimum absolute atomic E-state index is 0.0251. The Hall–Kier alpha value is -2.45. The van der Waals surface area contributed by atoms with Crippen molar-refractivity contribution in [1.29, 1.82) is 0 Å². The quantitative estimate of drug-likeness (QED) is 0.505. The normalized spacial score (nSPS) is 19.3. The van der Waals surface area contributed by atoms with Crippen LogP contribution in [-0.4, -0.2) is 72.8 Å². The van der Waals surface area contributed by atoms with Crippen LogP contribution in [0.25, 0.3) is 0 Å². The monoisotopic (exact) mass is 471 g/mol. The van der Waals surface area contributed by atoms with E-state index in [0.717, 1.165) is 49.9 Å². The Balaban J connectivity index is 1.55. The van der Waals surface area contributed by atoms with Gasteiger partial charge < -0.3 is 26.2 Å². The first-order valence-electron chi connectivity index (χ1n) is 12.7. The lowest BCUT2D eigenvalue weighted by atomic mass is 9.84. The van der Waals surface area contributed by atoms with Crippen molar-refractivity contribution in [2.24, 2.45) is 11.7 Å². The van der Waals surface area contributed by atoms with Crippen molar-refractivity contribution in [2.45, 2.75) is 70.5 Å². The molecule has 1 aliphatic heterocycles. The van der Waals surface area contributed by atoms with Gasteiger partial charge in [-0.2, -0.15) is 0 Å². The maximum absolute atomic E-state index is 13.1. The highest BCUT2D eigenvalue weighted by molar-refractivity contribution is 5.88. The fourth-order valence-electron chi connectivity index (χ4n) is 4.79.